The van der Waals surface area contributed by atoms with Crippen LogP contribution < -0.4 is 9.21 Å². The number of nitro benzene ring substituents is 1. The highest BCUT2D eigenvalue weighted by Gasteiger charge is 2.32. The average Bonchev–Trinajstić information content (AvgIpc) is 3.31. The molecular formula is C18H19N3O4S. The maximum atomic E-state index is 13.0. The molecule has 2 aliphatic rings. The molecule has 0 unspecified atom stereocenters. The molecule has 7 nitrogen and oxygen atoms in total. The van der Waals surface area contributed by atoms with Gasteiger partial charge in [0, 0.05) is 37.5 Å². The number of benzene rings is 2. The number of nitrogens with zero attached hydrogens (tertiary/aromatic N) is 3. The van der Waals surface area contributed by atoms with Crippen LogP contribution in [0, 0.1) is 10.1 Å². The Morgan fingerprint density at radius 1 is 1.00 bits per heavy atom. The molecule has 2 aromatic carbocycles. The second-order valence-electron chi connectivity index (χ2n) is 6.59. The summed E-state index contributed by atoms with van der Waals surface area (Å²) in [5, 5.41) is 11.0. The van der Waals surface area contributed by atoms with Crippen molar-refractivity contribution in [1.82, 2.24) is 0 Å². The van der Waals surface area contributed by atoms with Crippen LogP contribution in [0.1, 0.15) is 18.4 Å². The summed E-state index contributed by atoms with van der Waals surface area (Å²) in [6.07, 6.45) is 3.01. The van der Waals surface area contributed by atoms with Crippen LogP contribution in [0.15, 0.2) is 47.4 Å². The van der Waals surface area contributed by atoms with Gasteiger partial charge < -0.3 is 4.90 Å². The summed E-state index contributed by atoms with van der Waals surface area (Å²) in [6, 6.07) is 11.1. The Morgan fingerprint density at radius 3 is 2.50 bits per heavy atom. The quantitative estimate of drug-likeness (QED) is 0.608. The molecule has 1 fully saturated rings. The lowest BCUT2D eigenvalue weighted by atomic mass is 10.1. The Kier molecular flexibility index (Phi) is 4.07. The van der Waals surface area contributed by atoms with E-state index in [1.807, 2.05) is 12.1 Å². The Bertz CT molecular complexity index is 968. The van der Waals surface area contributed by atoms with Crippen molar-refractivity contribution in [3.8, 4) is 0 Å². The maximum Gasteiger partial charge on any atom is 0.270 e. The average molecular weight is 373 g/mol. The molecule has 136 valence electrons. The first kappa shape index (κ1) is 16.8. The van der Waals surface area contributed by atoms with Crippen LogP contribution in [0.5, 0.6) is 0 Å². The number of non-ortho nitro benzene ring substituents is 1. The largest absolute Gasteiger partial charge is 0.372 e. The van der Waals surface area contributed by atoms with Crippen molar-refractivity contribution in [2.75, 3.05) is 28.8 Å². The highest BCUT2D eigenvalue weighted by Crippen LogP contribution is 2.36. The number of fused-ring (bicyclic) bond motifs is 1. The summed E-state index contributed by atoms with van der Waals surface area (Å²) in [7, 11) is -3.82. The maximum absolute atomic E-state index is 13.0. The van der Waals surface area contributed by atoms with Crippen LogP contribution in [-0.4, -0.2) is 33.0 Å². The van der Waals surface area contributed by atoms with Gasteiger partial charge in [0.25, 0.3) is 15.7 Å². The first-order chi connectivity index (χ1) is 12.5. The molecule has 26 heavy (non-hydrogen) atoms. The molecule has 0 spiro atoms. The van der Waals surface area contributed by atoms with E-state index in [1.165, 1.54) is 35.3 Å². The van der Waals surface area contributed by atoms with Gasteiger partial charge in [-0.15, -0.1) is 0 Å². The number of hydrogen-bond donors (Lipinski definition) is 0. The fraction of sp³-hybridized carbons (Fsp3) is 0.333. The number of sulfonamides is 1. The van der Waals surface area contributed by atoms with Crippen LogP contribution in [-0.2, 0) is 16.4 Å². The lowest BCUT2D eigenvalue weighted by molar-refractivity contribution is -0.385. The fourth-order valence-corrected chi connectivity index (χ4v) is 5.21. The van der Waals surface area contributed by atoms with E-state index >= 15 is 0 Å². The van der Waals surface area contributed by atoms with Crippen LogP contribution in [0.2, 0.25) is 0 Å². The van der Waals surface area contributed by atoms with Gasteiger partial charge in [-0.05, 0) is 49.1 Å². The molecule has 4 rings (SSSR count). The fourth-order valence-electron chi connectivity index (χ4n) is 3.66. The monoisotopic (exact) mass is 373 g/mol. The van der Waals surface area contributed by atoms with Gasteiger partial charge >= 0.3 is 0 Å². The third kappa shape index (κ3) is 2.80. The van der Waals surface area contributed by atoms with Crippen molar-refractivity contribution in [3.63, 3.8) is 0 Å². The molecule has 0 bridgehead atoms. The van der Waals surface area contributed by atoms with E-state index in [-0.39, 0.29) is 10.6 Å². The highest BCUT2D eigenvalue weighted by atomic mass is 32.2. The smallest absolute Gasteiger partial charge is 0.270 e. The predicted octanol–water partition coefficient (Wildman–Crippen LogP) is 2.95. The Labute approximate surface area is 152 Å². The summed E-state index contributed by atoms with van der Waals surface area (Å²) >= 11 is 0. The van der Waals surface area contributed by atoms with Crippen molar-refractivity contribution < 1.29 is 13.3 Å². The minimum absolute atomic E-state index is 0.0526. The first-order valence-corrected chi connectivity index (χ1v) is 10.1. The van der Waals surface area contributed by atoms with E-state index in [9.17, 15) is 18.5 Å². The third-order valence-electron chi connectivity index (χ3n) is 5.00. The van der Waals surface area contributed by atoms with Crippen molar-refractivity contribution >= 4 is 27.1 Å². The molecule has 0 aromatic heterocycles. The lowest BCUT2D eigenvalue weighted by Crippen LogP contribution is -2.29. The van der Waals surface area contributed by atoms with Gasteiger partial charge in [-0.25, -0.2) is 8.42 Å². The summed E-state index contributed by atoms with van der Waals surface area (Å²) < 4.78 is 27.4. The molecule has 0 N–H and O–H groups in total. The number of rotatable bonds is 4. The second kappa shape index (κ2) is 6.28. The van der Waals surface area contributed by atoms with E-state index in [1.54, 1.807) is 0 Å². The summed E-state index contributed by atoms with van der Waals surface area (Å²) in [4.78, 5) is 12.6. The number of nitro groups is 1. The van der Waals surface area contributed by atoms with Crippen molar-refractivity contribution in [2.24, 2.45) is 0 Å². The molecule has 0 aliphatic carbocycles. The topological polar surface area (TPSA) is 83.8 Å². The van der Waals surface area contributed by atoms with Gasteiger partial charge in [0.05, 0.1) is 15.5 Å². The molecule has 0 radical (unpaired) electrons. The van der Waals surface area contributed by atoms with Crippen LogP contribution in [0.25, 0.3) is 0 Å². The molecule has 2 heterocycles. The molecule has 2 aliphatic heterocycles. The molecule has 8 heteroatoms. The van der Waals surface area contributed by atoms with Crippen LogP contribution in [0.3, 0.4) is 0 Å². The second-order valence-corrected chi connectivity index (χ2v) is 8.45. The highest BCUT2D eigenvalue weighted by molar-refractivity contribution is 7.92. The van der Waals surface area contributed by atoms with Crippen LogP contribution >= 0.6 is 0 Å². The van der Waals surface area contributed by atoms with Gasteiger partial charge in [0.1, 0.15) is 0 Å². The molecule has 0 amide bonds. The standard InChI is InChI=1S/C18H19N3O4S/c22-21(23)16-4-3-5-17(13-16)26(24,25)20-11-8-14-12-15(6-7-18(14)20)19-9-1-2-10-19/h3-7,12-13H,1-2,8-11H2. The van der Waals surface area contributed by atoms with Crippen molar-refractivity contribution in [1.29, 1.82) is 0 Å². The zero-order valence-electron chi connectivity index (χ0n) is 14.2. The number of hydrogen-bond acceptors (Lipinski definition) is 5. The minimum atomic E-state index is -3.82. The van der Waals surface area contributed by atoms with Gasteiger partial charge in [-0.2, -0.15) is 0 Å². The van der Waals surface area contributed by atoms with Crippen molar-refractivity contribution in [3.05, 3.63) is 58.1 Å². The summed E-state index contributed by atoms with van der Waals surface area (Å²) in [5.74, 6) is 0. The summed E-state index contributed by atoms with van der Waals surface area (Å²) in [5.41, 5.74) is 2.58. The van der Waals surface area contributed by atoms with E-state index in [0.29, 0.717) is 18.7 Å². The van der Waals surface area contributed by atoms with Gasteiger partial charge in [0.15, 0.2) is 0 Å². The summed E-state index contributed by atoms with van der Waals surface area (Å²) in [6.45, 7) is 2.42. The Balaban J connectivity index is 1.68. The van der Waals surface area contributed by atoms with E-state index < -0.39 is 14.9 Å². The van der Waals surface area contributed by atoms with Crippen molar-refractivity contribution in [2.45, 2.75) is 24.2 Å². The predicted molar refractivity (Wildman–Crippen MR) is 99.2 cm³/mol. The lowest BCUT2D eigenvalue weighted by Gasteiger charge is -2.21. The Hall–Kier alpha value is -2.61. The van der Waals surface area contributed by atoms with Gasteiger partial charge in [-0.3, -0.25) is 14.4 Å². The van der Waals surface area contributed by atoms with E-state index in [2.05, 4.69) is 11.0 Å². The molecule has 0 atom stereocenters. The van der Waals surface area contributed by atoms with Crippen LogP contribution in [0.4, 0.5) is 17.1 Å². The normalized spacial score (nSPS) is 16.8. The first-order valence-electron chi connectivity index (χ1n) is 8.62. The minimum Gasteiger partial charge on any atom is -0.372 e. The zero-order valence-corrected chi connectivity index (χ0v) is 15.0. The molecule has 0 saturated carbocycles. The van der Waals surface area contributed by atoms with Gasteiger partial charge in [-0.1, -0.05) is 6.07 Å². The van der Waals surface area contributed by atoms with E-state index in [0.717, 1.165) is 30.4 Å². The van der Waals surface area contributed by atoms with E-state index in [4.69, 9.17) is 0 Å². The van der Waals surface area contributed by atoms with Gasteiger partial charge in [0.2, 0.25) is 0 Å². The molecular weight excluding hydrogens is 354 g/mol. The molecule has 1 saturated heterocycles. The third-order valence-corrected chi connectivity index (χ3v) is 6.81. The number of anilines is 2. The Morgan fingerprint density at radius 2 is 1.77 bits per heavy atom. The SMILES string of the molecule is O=[N+]([O-])c1cccc(S(=O)(=O)N2CCc3cc(N4CCCC4)ccc32)c1. The molecule has 2 aromatic rings. The zero-order chi connectivity index (χ0) is 18.3.